The standard InChI is InChI=1S/C27H26F2N2O2/c1-32-26-10-4-6-20(27(26)33-18-19-11-12-19)7-5-15-30-24-8-2-3-9-25(24)31-17-21-13-14-22(28)16-23(21)29/h2-10,13-16,19,31H,11-12,17-18H2,1H3/b7-5+,30-15+. The fraction of sp³-hybridized carbons (Fsp3) is 0.222. The van der Waals surface area contributed by atoms with Gasteiger partial charge in [-0.25, -0.2) is 8.78 Å². The number of nitrogens with zero attached hydrogens (tertiary/aromatic N) is 1. The van der Waals surface area contributed by atoms with Gasteiger partial charge in [-0.15, -0.1) is 0 Å². The number of halogens is 2. The number of allylic oxidation sites excluding steroid dienone is 1. The van der Waals surface area contributed by atoms with Crippen LogP contribution in [0, 0.1) is 17.6 Å². The molecule has 0 heterocycles. The van der Waals surface area contributed by atoms with Crippen LogP contribution in [0.4, 0.5) is 20.2 Å². The number of nitrogens with one attached hydrogen (secondary N) is 1. The number of para-hydroxylation sites is 3. The normalized spacial score (nSPS) is 13.5. The van der Waals surface area contributed by atoms with Crippen LogP contribution in [0.25, 0.3) is 6.08 Å². The molecule has 170 valence electrons. The monoisotopic (exact) mass is 448 g/mol. The third kappa shape index (κ3) is 6.19. The lowest BCUT2D eigenvalue weighted by Crippen LogP contribution is -2.02. The molecule has 0 atom stereocenters. The molecule has 1 aliphatic rings. The number of hydrogen-bond donors (Lipinski definition) is 1. The smallest absolute Gasteiger partial charge is 0.168 e. The Morgan fingerprint density at radius 1 is 1.06 bits per heavy atom. The van der Waals surface area contributed by atoms with Crippen molar-refractivity contribution >= 4 is 23.7 Å². The van der Waals surface area contributed by atoms with Crippen molar-refractivity contribution in [3.63, 3.8) is 0 Å². The molecule has 3 aromatic carbocycles. The molecule has 0 spiro atoms. The van der Waals surface area contributed by atoms with Gasteiger partial charge in [-0.1, -0.05) is 30.3 Å². The molecular formula is C27H26F2N2O2. The zero-order chi connectivity index (χ0) is 23.0. The SMILES string of the molecule is COc1cccc(/C=C/C=N/c2ccccc2NCc2ccc(F)cc2F)c1OCC1CC1. The van der Waals surface area contributed by atoms with Crippen LogP contribution in [0.1, 0.15) is 24.0 Å². The first-order valence-corrected chi connectivity index (χ1v) is 10.9. The minimum atomic E-state index is -0.592. The Kier molecular flexibility index (Phi) is 7.35. The van der Waals surface area contributed by atoms with Crippen molar-refractivity contribution in [3.05, 3.63) is 89.5 Å². The van der Waals surface area contributed by atoms with Crippen molar-refractivity contribution < 1.29 is 18.3 Å². The predicted molar refractivity (Wildman–Crippen MR) is 129 cm³/mol. The second-order valence-electron chi connectivity index (χ2n) is 7.88. The van der Waals surface area contributed by atoms with Crippen LogP contribution >= 0.6 is 0 Å². The first-order chi connectivity index (χ1) is 16.1. The molecule has 1 fully saturated rings. The summed E-state index contributed by atoms with van der Waals surface area (Å²) in [6.07, 6.45) is 7.90. The first-order valence-electron chi connectivity index (χ1n) is 10.9. The molecule has 1 saturated carbocycles. The third-order valence-corrected chi connectivity index (χ3v) is 5.35. The number of ether oxygens (including phenoxy) is 2. The highest BCUT2D eigenvalue weighted by molar-refractivity contribution is 5.83. The number of anilines is 1. The van der Waals surface area contributed by atoms with Crippen LogP contribution in [-0.2, 0) is 6.54 Å². The van der Waals surface area contributed by atoms with Crippen molar-refractivity contribution in [2.24, 2.45) is 10.9 Å². The van der Waals surface area contributed by atoms with Gasteiger partial charge in [-0.2, -0.15) is 0 Å². The second-order valence-corrected chi connectivity index (χ2v) is 7.88. The minimum Gasteiger partial charge on any atom is -0.493 e. The van der Waals surface area contributed by atoms with Gasteiger partial charge in [0.25, 0.3) is 0 Å². The van der Waals surface area contributed by atoms with Gasteiger partial charge in [-0.05, 0) is 55.2 Å². The fourth-order valence-corrected chi connectivity index (χ4v) is 3.33. The summed E-state index contributed by atoms with van der Waals surface area (Å²) in [7, 11) is 1.63. The van der Waals surface area contributed by atoms with Crippen molar-refractivity contribution in [1.82, 2.24) is 0 Å². The Balaban J connectivity index is 1.44. The Hall–Kier alpha value is -3.67. The minimum absolute atomic E-state index is 0.222. The number of aliphatic imine (C=N–C) groups is 1. The van der Waals surface area contributed by atoms with Crippen LogP contribution in [-0.4, -0.2) is 19.9 Å². The van der Waals surface area contributed by atoms with E-state index in [4.69, 9.17) is 9.47 Å². The number of hydrogen-bond acceptors (Lipinski definition) is 4. The van der Waals surface area contributed by atoms with Crippen LogP contribution in [0.5, 0.6) is 11.5 Å². The summed E-state index contributed by atoms with van der Waals surface area (Å²) < 4.78 is 38.5. The van der Waals surface area contributed by atoms with Gasteiger partial charge in [0, 0.05) is 30.0 Å². The Labute approximate surface area is 192 Å². The van der Waals surface area contributed by atoms with Crippen molar-refractivity contribution in [2.45, 2.75) is 19.4 Å². The Morgan fingerprint density at radius 2 is 1.91 bits per heavy atom. The van der Waals surface area contributed by atoms with Crippen LogP contribution in [0.2, 0.25) is 0 Å². The molecule has 1 N–H and O–H groups in total. The van der Waals surface area contributed by atoms with Gasteiger partial charge in [0.1, 0.15) is 11.6 Å². The molecule has 0 bridgehead atoms. The molecule has 0 aromatic heterocycles. The van der Waals surface area contributed by atoms with Gasteiger partial charge >= 0.3 is 0 Å². The molecule has 3 aromatic rings. The van der Waals surface area contributed by atoms with E-state index in [1.165, 1.54) is 25.0 Å². The highest BCUT2D eigenvalue weighted by Crippen LogP contribution is 2.35. The van der Waals surface area contributed by atoms with E-state index in [2.05, 4.69) is 10.3 Å². The van der Waals surface area contributed by atoms with E-state index in [1.807, 2.05) is 54.6 Å². The van der Waals surface area contributed by atoms with E-state index in [0.29, 0.717) is 29.5 Å². The molecule has 33 heavy (non-hydrogen) atoms. The third-order valence-electron chi connectivity index (χ3n) is 5.35. The lowest BCUT2D eigenvalue weighted by molar-refractivity contribution is 0.280. The molecule has 6 heteroatoms. The summed E-state index contributed by atoms with van der Waals surface area (Å²) in [6.45, 7) is 0.920. The average molecular weight is 449 g/mol. The molecule has 0 aliphatic heterocycles. The maximum Gasteiger partial charge on any atom is 0.168 e. The Bertz CT molecular complexity index is 1160. The number of benzene rings is 3. The molecular weight excluding hydrogens is 422 g/mol. The van der Waals surface area contributed by atoms with Crippen molar-refractivity contribution in [1.29, 1.82) is 0 Å². The lowest BCUT2D eigenvalue weighted by atomic mass is 10.1. The second kappa shape index (κ2) is 10.8. The topological polar surface area (TPSA) is 42.8 Å². The average Bonchev–Trinajstić information content (AvgIpc) is 3.65. The first kappa shape index (κ1) is 22.5. The summed E-state index contributed by atoms with van der Waals surface area (Å²) in [6, 6.07) is 16.8. The molecule has 0 amide bonds. The van der Waals surface area contributed by atoms with Gasteiger partial charge in [0.05, 0.1) is 25.1 Å². The summed E-state index contributed by atoms with van der Waals surface area (Å²) in [4.78, 5) is 4.53. The zero-order valence-electron chi connectivity index (χ0n) is 18.4. The van der Waals surface area contributed by atoms with Crippen LogP contribution in [0.15, 0.2) is 71.7 Å². The van der Waals surface area contributed by atoms with E-state index < -0.39 is 11.6 Å². The maximum absolute atomic E-state index is 13.9. The summed E-state index contributed by atoms with van der Waals surface area (Å²) >= 11 is 0. The molecule has 4 nitrogen and oxygen atoms in total. The molecule has 0 unspecified atom stereocenters. The lowest BCUT2D eigenvalue weighted by Gasteiger charge is -2.13. The van der Waals surface area contributed by atoms with E-state index in [9.17, 15) is 8.78 Å². The molecule has 0 saturated heterocycles. The van der Waals surface area contributed by atoms with Crippen LogP contribution < -0.4 is 14.8 Å². The van der Waals surface area contributed by atoms with Crippen molar-refractivity contribution in [2.75, 3.05) is 19.0 Å². The highest BCUT2D eigenvalue weighted by atomic mass is 19.1. The van der Waals surface area contributed by atoms with E-state index >= 15 is 0 Å². The molecule has 4 rings (SSSR count). The van der Waals surface area contributed by atoms with Gasteiger partial charge < -0.3 is 14.8 Å². The summed E-state index contributed by atoms with van der Waals surface area (Å²) in [5, 5.41) is 3.17. The highest BCUT2D eigenvalue weighted by Gasteiger charge is 2.23. The van der Waals surface area contributed by atoms with E-state index in [1.54, 1.807) is 13.3 Å². The van der Waals surface area contributed by atoms with Gasteiger partial charge in [0.2, 0.25) is 0 Å². The summed E-state index contributed by atoms with van der Waals surface area (Å²) in [5.74, 6) is 0.910. The van der Waals surface area contributed by atoms with Gasteiger partial charge in [-0.3, -0.25) is 4.99 Å². The zero-order valence-corrected chi connectivity index (χ0v) is 18.4. The van der Waals surface area contributed by atoms with Gasteiger partial charge in [0.15, 0.2) is 11.5 Å². The quantitative estimate of drug-likeness (QED) is 0.347. The predicted octanol–water partition coefficient (Wildman–Crippen LogP) is 6.79. The summed E-state index contributed by atoms with van der Waals surface area (Å²) in [5.41, 5.74) is 2.76. The number of rotatable bonds is 10. The van der Waals surface area contributed by atoms with Crippen molar-refractivity contribution in [3.8, 4) is 11.5 Å². The largest absolute Gasteiger partial charge is 0.493 e. The maximum atomic E-state index is 13.9. The van der Waals surface area contributed by atoms with Crippen LogP contribution in [0.3, 0.4) is 0 Å². The number of methoxy groups -OCH3 is 1. The van der Waals surface area contributed by atoms with E-state index in [-0.39, 0.29) is 6.54 Å². The molecule has 0 radical (unpaired) electrons. The molecule has 1 aliphatic carbocycles. The Morgan fingerprint density at radius 3 is 2.70 bits per heavy atom. The van der Waals surface area contributed by atoms with E-state index in [0.717, 1.165) is 23.1 Å². The fourth-order valence-electron chi connectivity index (χ4n) is 3.33.